The van der Waals surface area contributed by atoms with Crippen molar-refractivity contribution in [3.63, 3.8) is 0 Å². The fraction of sp³-hybridized carbons (Fsp3) is 0.529. The number of rotatable bonds is 8. The van der Waals surface area contributed by atoms with Crippen LogP contribution in [-0.2, 0) is 4.74 Å². The van der Waals surface area contributed by atoms with Gasteiger partial charge in [-0.2, -0.15) is 0 Å². The van der Waals surface area contributed by atoms with Crippen LogP contribution in [0.1, 0.15) is 19.3 Å². The van der Waals surface area contributed by atoms with Crippen LogP contribution < -0.4 is 4.90 Å². The van der Waals surface area contributed by atoms with Gasteiger partial charge in [-0.3, -0.25) is 4.57 Å². The number of morpholine rings is 1. The molecule has 0 amide bonds. The Labute approximate surface area is 146 Å². The zero-order valence-electron chi connectivity index (χ0n) is 13.8. The summed E-state index contributed by atoms with van der Waals surface area (Å²) in [7, 11) is 0. The summed E-state index contributed by atoms with van der Waals surface area (Å²) in [5.74, 6) is 1.87. The molecule has 7 heteroatoms. The third-order valence-electron chi connectivity index (χ3n) is 3.96. The molecule has 1 aromatic carbocycles. The van der Waals surface area contributed by atoms with Crippen molar-refractivity contribution in [2.75, 3.05) is 43.6 Å². The SMILES string of the molecule is OCCCCCSc1nnc(N2CCOCC2)n1-c1ccccc1. The van der Waals surface area contributed by atoms with Gasteiger partial charge in [0.25, 0.3) is 0 Å². The zero-order chi connectivity index (χ0) is 16.6. The maximum atomic E-state index is 8.87. The first-order valence-electron chi connectivity index (χ1n) is 8.47. The second-order valence-electron chi connectivity index (χ2n) is 5.69. The highest BCUT2D eigenvalue weighted by molar-refractivity contribution is 7.99. The predicted molar refractivity (Wildman–Crippen MR) is 96.1 cm³/mol. The van der Waals surface area contributed by atoms with Gasteiger partial charge in [-0.15, -0.1) is 10.2 Å². The summed E-state index contributed by atoms with van der Waals surface area (Å²) in [6.45, 7) is 3.40. The first-order chi connectivity index (χ1) is 11.9. The van der Waals surface area contributed by atoms with Gasteiger partial charge in [0.2, 0.25) is 5.95 Å². The first kappa shape index (κ1) is 17.3. The molecule has 24 heavy (non-hydrogen) atoms. The summed E-state index contributed by atoms with van der Waals surface area (Å²) in [6, 6.07) is 10.3. The average molecular weight is 348 g/mol. The molecule has 0 bridgehead atoms. The van der Waals surface area contributed by atoms with Crippen molar-refractivity contribution in [1.29, 1.82) is 0 Å². The molecule has 1 fully saturated rings. The third-order valence-corrected chi connectivity index (χ3v) is 4.97. The standard InChI is InChI=1S/C17H24N4O2S/c22-11-5-2-6-14-24-17-19-18-16(20-9-12-23-13-10-20)21(17)15-7-3-1-4-8-15/h1,3-4,7-8,22H,2,5-6,9-14H2. The van der Waals surface area contributed by atoms with E-state index < -0.39 is 0 Å². The summed E-state index contributed by atoms with van der Waals surface area (Å²) in [5.41, 5.74) is 1.09. The quantitative estimate of drug-likeness (QED) is 0.584. The minimum Gasteiger partial charge on any atom is -0.396 e. The van der Waals surface area contributed by atoms with Gasteiger partial charge in [0.05, 0.1) is 18.9 Å². The summed E-state index contributed by atoms with van der Waals surface area (Å²) >= 11 is 1.73. The van der Waals surface area contributed by atoms with E-state index in [4.69, 9.17) is 9.84 Å². The third kappa shape index (κ3) is 4.28. The number of aromatic nitrogens is 3. The summed E-state index contributed by atoms with van der Waals surface area (Å²) in [4.78, 5) is 2.24. The van der Waals surface area contributed by atoms with Crippen LogP contribution in [-0.4, -0.2) is 58.5 Å². The molecule has 1 aromatic heterocycles. The van der Waals surface area contributed by atoms with Crippen molar-refractivity contribution in [2.24, 2.45) is 0 Å². The normalized spacial score (nSPS) is 15.0. The molecule has 1 aliphatic heterocycles. The Balaban J connectivity index is 1.79. The molecule has 0 aliphatic carbocycles. The first-order valence-corrected chi connectivity index (χ1v) is 9.46. The van der Waals surface area contributed by atoms with Gasteiger partial charge in [0, 0.05) is 25.4 Å². The summed E-state index contributed by atoms with van der Waals surface area (Å²) in [5, 5.41) is 18.7. The number of thioether (sulfide) groups is 1. The number of nitrogens with zero attached hydrogens (tertiary/aromatic N) is 4. The van der Waals surface area contributed by atoms with E-state index in [0.29, 0.717) is 0 Å². The Hall–Kier alpha value is -1.57. The molecule has 0 unspecified atom stereocenters. The molecule has 0 spiro atoms. The monoisotopic (exact) mass is 348 g/mol. The van der Waals surface area contributed by atoms with E-state index in [1.165, 1.54) is 0 Å². The number of unbranched alkanes of at least 4 members (excludes halogenated alkanes) is 2. The maximum Gasteiger partial charge on any atom is 0.232 e. The largest absolute Gasteiger partial charge is 0.396 e. The van der Waals surface area contributed by atoms with Crippen LogP contribution in [0.2, 0.25) is 0 Å². The number of para-hydroxylation sites is 1. The van der Waals surface area contributed by atoms with Crippen molar-refractivity contribution in [3.8, 4) is 5.69 Å². The Morgan fingerprint density at radius 3 is 2.58 bits per heavy atom. The lowest BCUT2D eigenvalue weighted by molar-refractivity contribution is 0.122. The van der Waals surface area contributed by atoms with Gasteiger partial charge in [0.1, 0.15) is 0 Å². The Morgan fingerprint density at radius 1 is 1.04 bits per heavy atom. The van der Waals surface area contributed by atoms with E-state index in [1.54, 1.807) is 11.8 Å². The summed E-state index contributed by atoms with van der Waals surface area (Å²) in [6.07, 6.45) is 2.98. The van der Waals surface area contributed by atoms with Crippen molar-refractivity contribution in [2.45, 2.75) is 24.4 Å². The molecule has 2 aromatic rings. The smallest absolute Gasteiger partial charge is 0.232 e. The predicted octanol–water partition coefficient (Wildman–Crippen LogP) is 2.36. The molecule has 1 aliphatic rings. The van der Waals surface area contributed by atoms with Crippen molar-refractivity contribution in [1.82, 2.24) is 14.8 Å². The fourth-order valence-corrected chi connectivity index (χ4v) is 3.63. The molecule has 1 saturated heterocycles. The Bertz CT molecular complexity index is 614. The van der Waals surface area contributed by atoms with Gasteiger partial charge in [0.15, 0.2) is 5.16 Å². The molecule has 2 heterocycles. The van der Waals surface area contributed by atoms with E-state index >= 15 is 0 Å². The molecular formula is C17H24N4O2S. The van der Waals surface area contributed by atoms with Crippen molar-refractivity contribution < 1.29 is 9.84 Å². The van der Waals surface area contributed by atoms with Gasteiger partial charge in [-0.25, -0.2) is 0 Å². The lowest BCUT2D eigenvalue weighted by Crippen LogP contribution is -2.37. The van der Waals surface area contributed by atoms with Crippen LogP contribution in [0.25, 0.3) is 5.69 Å². The minimum absolute atomic E-state index is 0.270. The fourth-order valence-electron chi connectivity index (χ4n) is 2.68. The van der Waals surface area contributed by atoms with E-state index in [-0.39, 0.29) is 6.61 Å². The van der Waals surface area contributed by atoms with E-state index in [9.17, 15) is 0 Å². The molecule has 3 rings (SSSR count). The second kappa shape index (κ2) is 9.05. The number of hydrogen-bond acceptors (Lipinski definition) is 6. The topological polar surface area (TPSA) is 63.4 Å². The van der Waals surface area contributed by atoms with Gasteiger partial charge < -0.3 is 14.7 Å². The lowest BCUT2D eigenvalue weighted by Gasteiger charge is -2.27. The lowest BCUT2D eigenvalue weighted by atomic mass is 10.3. The number of ether oxygens (including phenoxy) is 1. The molecular weight excluding hydrogens is 324 g/mol. The highest BCUT2D eigenvalue weighted by Gasteiger charge is 2.21. The average Bonchev–Trinajstić information content (AvgIpc) is 3.07. The van der Waals surface area contributed by atoms with E-state index in [2.05, 4.69) is 31.8 Å². The number of hydrogen-bond donors (Lipinski definition) is 1. The van der Waals surface area contributed by atoms with Gasteiger partial charge >= 0.3 is 0 Å². The van der Waals surface area contributed by atoms with Crippen molar-refractivity contribution >= 4 is 17.7 Å². The zero-order valence-corrected chi connectivity index (χ0v) is 14.6. The minimum atomic E-state index is 0.270. The van der Waals surface area contributed by atoms with Crippen LogP contribution in [0.3, 0.4) is 0 Å². The Morgan fingerprint density at radius 2 is 1.83 bits per heavy atom. The van der Waals surface area contributed by atoms with Crippen LogP contribution in [0, 0.1) is 0 Å². The number of anilines is 1. The Kier molecular flexibility index (Phi) is 6.51. The molecule has 1 N–H and O–H groups in total. The maximum absolute atomic E-state index is 8.87. The van der Waals surface area contributed by atoms with Crippen LogP contribution in [0.5, 0.6) is 0 Å². The molecule has 6 nitrogen and oxygen atoms in total. The number of aliphatic hydroxyl groups excluding tert-OH is 1. The summed E-state index contributed by atoms with van der Waals surface area (Å²) < 4.78 is 7.59. The van der Waals surface area contributed by atoms with Crippen LogP contribution in [0.15, 0.2) is 35.5 Å². The van der Waals surface area contributed by atoms with Gasteiger partial charge in [-0.1, -0.05) is 36.4 Å². The molecule has 130 valence electrons. The molecule has 0 atom stereocenters. The van der Waals surface area contributed by atoms with Crippen LogP contribution >= 0.6 is 11.8 Å². The second-order valence-corrected chi connectivity index (χ2v) is 6.75. The van der Waals surface area contributed by atoms with Crippen molar-refractivity contribution in [3.05, 3.63) is 30.3 Å². The van der Waals surface area contributed by atoms with Gasteiger partial charge in [-0.05, 0) is 25.0 Å². The van der Waals surface area contributed by atoms with Crippen LogP contribution in [0.4, 0.5) is 5.95 Å². The molecule has 0 radical (unpaired) electrons. The van der Waals surface area contributed by atoms with E-state index in [0.717, 1.165) is 68.1 Å². The number of aliphatic hydroxyl groups is 1. The molecule has 0 saturated carbocycles. The highest BCUT2D eigenvalue weighted by atomic mass is 32.2. The highest BCUT2D eigenvalue weighted by Crippen LogP contribution is 2.27. The number of benzene rings is 1. The van der Waals surface area contributed by atoms with E-state index in [1.807, 2.05) is 18.2 Å².